The van der Waals surface area contributed by atoms with Crippen molar-refractivity contribution < 1.29 is 9.53 Å². The van der Waals surface area contributed by atoms with E-state index < -0.39 is 0 Å². The Morgan fingerprint density at radius 3 is 2.24 bits per heavy atom. The Labute approximate surface area is 130 Å². The molecule has 2 unspecified atom stereocenters. The Bertz CT molecular complexity index is 335. The number of carbonyl (C=O) groups excluding carboxylic acids is 1. The Morgan fingerprint density at radius 1 is 0.952 bits per heavy atom. The summed E-state index contributed by atoms with van der Waals surface area (Å²) in [5.41, 5.74) is -0.390. The van der Waals surface area contributed by atoms with Crippen molar-refractivity contribution in [2.24, 2.45) is 11.8 Å². The quantitative estimate of drug-likeness (QED) is 0.630. The maximum Gasteiger partial charge on any atom is 0.410 e. The van der Waals surface area contributed by atoms with Crippen LogP contribution in [0.3, 0.4) is 0 Å². The summed E-state index contributed by atoms with van der Waals surface area (Å²) in [6, 6.07) is 0. The van der Waals surface area contributed by atoms with Crippen molar-refractivity contribution in [3.8, 4) is 0 Å². The van der Waals surface area contributed by atoms with Crippen LogP contribution in [-0.2, 0) is 4.74 Å². The second-order valence-corrected chi connectivity index (χ2v) is 8.03. The third-order valence-electron chi connectivity index (χ3n) is 4.81. The molecule has 2 rings (SSSR count). The second kappa shape index (κ2) is 7.51. The van der Waals surface area contributed by atoms with Crippen LogP contribution in [0.4, 0.5) is 4.79 Å². The minimum absolute atomic E-state index is 0.108. The van der Waals surface area contributed by atoms with E-state index in [1.165, 1.54) is 51.4 Å². The molecule has 0 aromatic heterocycles. The Balaban J connectivity index is 2.00. The Kier molecular flexibility index (Phi) is 5.95. The molecule has 1 amide bonds. The first-order valence-corrected chi connectivity index (χ1v) is 8.92. The lowest BCUT2D eigenvalue weighted by Crippen LogP contribution is -2.40. The fraction of sp³-hybridized carbons (Fsp3) is 0.944. The molecule has 1 saturated heterocycles. The van der Waals surface area contributed by atoms with Gasteiger partial charge in [-0.3, -0.25) is 0 Å². The summed E-state index contributed by atoms with van der Waals surface area (Å²) in [6.07, 6.45) is 11.8. The predicted octanol–water partition coefficient (Wildman–Crippen LogP) is 4.99. The summed E-state index contributed by atoms with van der Waals surface area (Å²) in [7, 11) is 0. The zero-order valence-electron chi connectivity index (χ0n) is 14.2. The lowest BCUT2D eigenvalue weighted by molar-refractivity contribution is 0.0211. The molecule has 2 atom stereocenters. The monoisotopic (exact) mass is 295 g/mol. The first kappa shape index (κ1) is 16.6. The fourth-order valence-electron chi connectivity index (χ4n) is 3.81. The number of carbonyl (C=O) groups is 1. The average molecular weight is 295 g/mol. The fourth-order valence-corrected chi connectivity index (χ4v) is 3.81. The van der Waals surface area contributed by atoms with Crippen molar-refractivity contribution in [1.29, 1.82) is 0 Å². The zero-order chi connectivity index (χ0) is 15.3. The van der Waals surface area contributed by atoms with Crippen LogP contribution in [0.2, 0.25) is 0 Å². The molecule has 1 aliphatic carbocycles. The molecular weight excluding hydrogens is 262 g/mol. The molecule has 0 aromatic rings. The largest absolute Gasteiger partial charge is 0.444 e. The van der Waals surface area contributed by atoms with Gasteiger partial charge in [0, 0.05) is 13.1 Å². The minimum Gasteiger partial charge on any atom is -0.444 e. The molecule has 1 aliphatic heterocycles. The van der Waals surface area contributed by atoms with E-state index >= 15 is 0 Å². The van der Waals surface area contributed by atoms with Crippen molar-refractivity contribution in [3.63, 3.8) is 0 Å². The normalized spacial score (nSPS) is 28.6. The van der Waals surface area contributed by atoms with Crippen LogP contribution < -0.4 is 0 Å². The second-order valence-electron chi connectivity index (χ2n) is 8.03. The van der Waals surface area contributed by atoms with Gasteiger partial charge in [-0.05, 0) is 51.9 Å². The van der Waals surface area contributed by atoms with Crippen LogP contribution in [0.1, 0.15) is 78.6 Å². The van der Waals surface area contributed by atoms with Crippen molar-refractivity contribution >= 4 is 6.09 Å². The van der Waals surface area contributed by atoms with E-state index in [4.69, 9.17) is 4.74 Å². The van der Waals surface area contributed by atoms with Gasteiger partial charge in [-0.1, -0.05) is 38.5 Å². The SMILES string of the molecule is CC(C)(C)OC(=O)N1CCCCC2CCCCCC(C2)C1. The Hall–Kier alpha value is -0.730. The molecule has 0 aromatic carbocycles. The van der Waals surface area contributed by atoms with Gasteiger partial charge in [0.15, 0.2) is 0 Å². The number of amides is 1. The highest BCUT2D eigenvalue weighted by atomic mass is 16.6. The molecule has 2 bridgehead atoms. The molecular formula is C18H33NO2. The van der Waals surface area contributed by atoms with Gasteiger partial charge >= 0.3 is 6.09 Å². The van der Waals surface area contributed by atoms with E-state index in [1.807, 2.05) is 25.7 Å². The highest BCUT2D eigenvalue weighted by Gasteiger charge is 2.27. The summed E-state index contributed by atoms with van der Waals surface area (Å²) in [6.45, 7) is 7.64. The van der Waals surface area contributed by atoms with Gasteiger partial charge in [0.05, 0.1) is 0 Å². The zero-order valence-corrected chi connectivity index (χ0v) is 14.2. The molecule has 1 heterocycles. The lowest BCUT2D eigenvalue weighted by Gasteiger charge is -2.31. The topological polar surface area (TPSA) is 29.5 Å². The number of hydrogen-bond acceptors (Lipinski definition) is 2. The van der Waals surface area contributed by atoms with E-state index in [1.54, 1.807) is 0 Å². The smallest absolute Gasteiger partial charge is 0.410 e. The highest BCUT2D eigenvalue weighted by Crippen LogP contribution is 2.32. The van der Waals surface area contributed by atoms with Gasteiger partial charge in [0.25, 0.3) is 0 Å². The van der Waals surface area contributed by atoms with Crippen LogP contribution in [0.5, 0.6) is 0 Å². The number of hydrogen-bond donors (Lipinski definition) is 0. The average Bonchev–Trinajstić information content (AvgIpc) is 2.44. The molecule has 1 saturated carbocycles. The summed E-state index contributed by atoms with van der Waals surface area (Å²) in [5.74, 6) is 1.58. The van der Waals surface area contributed by atoms with Crippen LogP contribution in [-0.4, -0.2) is 29.7 Å². The maximum atomic E-state index is 12.4. The van der Waals surface area contributed by atoms with Gasteiger partial charge in [0.2, 0.25) is 0 Å². The van der Waals surface area contributed by atoms with E-state index in [2.05, 4.69) is 0 Å². The van der Waals surface area contributed by atoms with E-state index in [0.717, 1.165) is 25.4 Å². The molecule has 0 radical (unpaired) electrons. The van der Waals surface area contributed by atoms with E-state index in [9.17, 15) is 4.79 Å². The molecule has 122 valence electrons. The summed E-state index contributed by atoms with van der Waals surface area (Å²) < 4.78 is 5.59. The summed E-state index contributed by atoms with van der Waals surface area (Å²) >= 11 is 0. The van der Waals surface area contributed by atoms with Crippen molar-refractivity contribution in [3.05, 3.63) is 0 Å². The van der Waals surface area contributed by atoms with Crippen molar-refractivity contribution in [2.75, 3.05) is 13.1 Å². The van der Waals surface area contributed by atoms with Gasteiger partial charge < -0.3 is 9.64 Å². The standard InChI is InChI=1S/C18H33NO2/c1-18(2,3)21-17(20)19-12-8-7-10-15-9-5-4-6-11-16(13-15)14-19/h15-16H,4-14H2,1-3H3. The van der Waals surface area contributed by atoms with Crippen molar-refractivity contribution in [1.82, 2.24) is 4.90 Å². The number of ether oxygens (including phenoxy) is 1. The highest BCUT2D eigenvalue weighted by molar-refractivity contribution is 5.68. The molecule has 3 heteroatoms. The van der Waals surface area contributed by atoms with Crippen molar-refractivity contribution in [2.45, 2.75) is 84.2 Å². The van der Waals surface area contributed by atoms with Gasteiger partial charge in [-0.25, -0.2) is 4.79 Å². The van der Waals surface area contributed by atoms with Crippen LogP contribution in [0.25, 0.3) is 0 Å². The third-order valence-corrected chi connectivity index (χ3v) is 4.81. The van der Waals surface area contributed by atoms with E-state index in [0.29, 0.717) is 5.92 Å². The first-order valence-electron chi connectivity index (χ1n) is 8.92. The number of nitrogens with zero attached hydrogens (tertiary/aromatic N) is 1. The third kappa shape index (κ3) is 5.88. The molecule has 21 heavy (non-hydrogen) atoms. The number of rotatable bonds is 0. The van der Waals surface area contributed by atoms with Crippen LogP contribution >= 0.6 is 0 Å². The van der Waals surface area contributed by atoms with Crippen LogP contribution in [0, 0.1) is 11.8 Å². The van der Waals surface area contributed by atoms with Gasteiger partial charge in [-0.15, -0.1) is 0 Å². The minimum atomic E-state index is -0.390. The predicted molar refractivity (Wildman–Crippen MR) is 86.3 cm³/mol. The lowest BCUT2D eigenvalue weighted by atomic mass is 9.82. The molecule has 0 spiro atoms. The van der Waals surface area contributed by atoms with E-state index in [-0.39, 0.29) is 11.7 Å². The summed E-state index contributed by atoms with van der Waals surface area (Å²) in [4.78, 5) is 14.4. The molecule has 0 N–H and O–H groups in total. The molecule has 2 fully saturated rings. The van der Waals surface area contributed by atoms with Gasteiger partial charge in [-0.2, -0.15) is 0 Å². The van der Waals surface area contributed by atoms with Crippen LogP contribution in [0.15, 0.2) is 0 Å². The summed E-state index contributed by atoms with van der Waals surface area (Å²) in [5, 5.41) is 0. The van der Waals surface area contributed by atoms with Gasteiger partial charge in [0.1, 0.15) is 5.60 Å². The first-order chi connectivity index (χ1) is 9.94. The maximum absolute atomic E-state index is 12.4. The molecule has 2 aliphatic rings. The number of fused-ring (bicyclic) bond motifs is 2. The molecule has 3 nitrogen and oxygen atoms in total. The Morgan fingerprint density at radius 2 is 1.57 bits per heavy atom.